The third kappa shape index (κ3) is 4.62. The molecule has 1 unspecified atom stereocenters. The Hall–Kier alpha value is -2.75. The number of aromatic hydroxyl groups is 2. The topological polar surface area (TPSA) is 77.8 Å². The molecular weight excluding hydrogens is 304 g/mol. The number of phenols is 2. The molecule has 2 aromatic rings. The zero-order chi connectivity index (χ0) is 17.5. The lowest BCUT2D eigenvalue weighted by atomic mass is 9.90. The zero-order valence-electron chi connectivity index (χ0n) is 13.6. The number of carbonyl (C=O) groups excluding carboxylic acids is 1. The Kier molecular flexibility index (Phi) is 6.01. The summed E-state index contributed by atoms with van der Waals surface area (Å²) in [6.07, 6.45) is 2.44. The number of phenolic OH excluding ortho intramolecular Hbond substituents is 2. The van der Waals surface area contributed by atoms with Crippen LogP contribution in [0.2, 0.25) is 0 Å². The summed E-state index contributed by atoms with van der Waals surface area (Å²) in [5.74, 6) is -0.240. The third-order valence-corrected chi connectivity index (χ3v) is 3.98. The van der Waals surface area contributed by atoms with E-state index in [2.05, 4.69) is 0 Å². The van der Waals surface area contributed by atoms with E-state index in [0.717, 1.165) is 5.56 Å². The van der Waals surface area contributed by atoms with Crippen LogP contribution in [0.15, 0.2) is 60.4 Å². The lowest BCUT2D eigenvalue weighted by Gasteiger charge is -2.13. The van der Waals surface area contributed by atoms with Crippen LogP contribution in [0, 0.1) is 0 Å². The van der Waals surface area contributed by atoms with Crippen molar-refractivity contribution in [1.82, 2.24) is 0 Å². The quantitative estimate of drug-likeness (QED) is 0.665. The first-order chi connectivity index (χ1) is 11.5. The van der Waals surface area contributed by atoms with Crippen molar-refractivity contribution in [3.63, 3.8) is 0 Å². The van der Waals surface area contributed by atoms with Crippen LogP contribution in [0.3, 0.4) is 0 Å². The Labute approximate surface area is 141 Å². The number of ketones is 1. The van der Waals surface area contributed by atoms with Crippen LogP contribution in [-0.4, -0.2) is 21.1 Å². The number of aliphatic hydroxyl groups is 1. The van der Waals surface area contributed by atoms with Crippen LogP contribution in [0.1, 0.15) is 36.8 Å². The largest absolute Gasteiger partial charge is 0.512 e. The van der Waals surface area contributed by atoms with Crippen LogP contribution in [0.5, 0.6) is 11.5 Å². The summed E-state index contributed by atoms with van der Waals surface area (Å²) in [7, 11) is 0. The maximum Gasteiger partial charge on any atom is 0.144 e. The third-order valence-electron chi connectivity index (χ3n) is 3.98. The summed E-state index contributed by atoms with van der Waals surface area (Å²) in [5, 5.41) is 29.0. The van der Waals surface area contributed by atoms with Gasteiger partial charge in [0.05, 0.1) is 5.76 Å². The predicted octanol–water partition coefficient (Wildman–Crippen LogP) is 4.24. The molecule has 0 aliphatic heterocycles. The maximum absolute atomic E-state index is 12.4. The van der Waals surface area contributed by atoms with Gasteiger partial charge in [0.1, 0.15) is 17.3 Å². The molecule has 0 amide bonds. The van der Waals surface area contributed by atoms with Crippen molar-refractivity contribution >= 4 is 5.78 Å². The van der Waals surface area contributed by atoms with Crippen molar-refractivity contribution in [2.45, 2.75) is 32.1 Å². The fourth-order valence-corrected chi connectivity index (χ4v) is 2.66. The van der Waals surface area contributed by atoms with Gasteiger partial charge in [-0.15, -0.1) is 0 Å². The highest BCUT2D eigenvalue weighted by molar-refractivity contribution is 5.86. The van der Waals surface area contributed by atoms with E-state index in [1.807, 2.05) is 37.3 Å². The zero-order valence-corrected chi connectivity index (χ0v) is 13.6. The highest BCUT2D eigenvalue weighted by Crippen LogP contribution is 2.25. The Morgan fingerprint density at radius 1 is 1.12 bits per heavy atom. The molecule has 0 aromatic heterocycles. The Balaban J connectivity index is 2.01. The van der Waals surface area contributed by atoms with Crippen molar-refractivity contribution in [1.29, 1.82) is 0 Å². The Morgan fingerprint density at radius 2 is 1.83 bits per heavy atom. The van der Waals surface area contributed by atoms with Crippen molar-refractivity contribution in [3.8, 4) is 11.5 Å². The second-order valence-electron chi connectivity index (χ2n) is 5.73. The Bertz CT molecular complexity index is 720. The van der Waals surface area contributed by atoms with E-state index in [1.165, 1.54) is 24.3 Å². The number of Topliss-reactive ketones (excluding diaryl/α,β-unsaturated/α-hetero) is 1. The average molecular weight is 326 g/mol. The van der Waals surface area contributed by atoms with E-state index in [0.29, 0.717) is 12.0 Å². The molecule has 0 bridgehead atoms. The van der Waals surface area contributed by atoms with E-state index >= 15 is 0 Å². The second kappa shape index (κ2) is 8.20. The highest BCUT2D eigenvalue weighted by atomic mass is 16.3. The van der Waals surface area contributed by atoms with Gasteiger partial charge in [-0.1, -0.05) is 43.3 Å². The minimum Gasteiger partial charge on any atom is -0.512 e. The van der Waals surface area contributed by atoms with Gasteiger partial charge in [0.25, 0.3) is 0 Å². The molecule has 0 aliphatic carbocycles. The smallest absolute Gasteiger partial charge is 0.144 e. The van der Waals surface area contributed by atoms with Gasteiger partial charge in [0.15, 0.2) is 0 Å². The molecule has 1 atom stereocenters. The number of rotatable bonds is 7. The van der Waals surface area contributed by atoms with Gasteiger partial charge in [-0.25, -0.2) is 0 Å². The minimum atomic E-state index is -0.183. The monoisotopic (exact) mass is 326 g/mol. The van der Waals surface area contributed by atoms with Gasteiger partial charge in [0, 0.05) is 30.4 Å². The van der Waals surface area contributed by atoms with E-state index in [4.69, 9.17) is 0 Å². The van der Waals surface area contributed by atoms with Crippen molar-refractivity contribution in [2.75, 3.05) is 0 Å². The molecule has 4 nitrogen and oxygen atoms in total. The van der Waals surface area contributed by atoms with Gasteiger partial charge in [-0.2, -0.15) is 0 Å². The van der Waals surface area contributed by atoms with E-state index in [-0.39, 0.29) is 41.8 Å². The molecule has 24 heavy (non-hydrogen) atoms. The molecule has 2 rings (SSSR count). The molecule has 0 radical (unpaired) electrons. The standard InChI is InChI=1S/C20H22O4/c1-2-18(14-6-4-3-5-7-14)19(23)11-10-16(21)12-15-8-9-17(22)13-20(15)24/h3-10,13,18,21-22,24H,2,11-12H2,1H3/b16-10-. The number of carbonyl (C=O) groups is 1. The minimum absolute atomic E-state index is 0.0206. The summed E-state index contributed by atoms with van der Waals surface area (Å²) in [6.45, 7) is 1.97. The average Bonchev–Trinajstić information content (AvgIpc) is 2.57. The molecule has 0 saturated heterocycles. The molecule has 0 saturated carbocycles. The first kappa shape index (κ1) is 17.6. The molecular formula is C20H22O4. The fourth-order valence-electron chi connectivity index (χ4n) is 2.66. The lowest BCUT2D eigenvalue weighted by Crippen LogP contribution is -2.11. The summed E-state index contributed by atoms with van der Waals surface area (Å²) < 4.78 is 0. The normalized spacial score (nSPS) is 12.8. The van der Waals surface area contributed by atoms with Gasteiger partial charge in [-0.05, 0) is 24.1 Å². The van der Waals surface area contributed by atoms with E-state index in [1.54, 1.807) is 0 Å². The van der Waals surface area contributed by atoms with Crippen LogP contribution in [0.4, 0.5) is 0 Å². The second-order valence-corrected chi connectivity index (χ2v) is 5.73. The van der Waals surface area contributed by atoms with E-state index in [9.17, 15) is 20.1 Å². The predicted molar refractivity (Wildman–Crippen MR) is 93.3 cm³/mol. The first-order valence-corrected chi connectivity index (χ1v) is 7.97. The van der Waals surface area contributed by atoms with Crippen LogP contribution in [-0.2, 0) is 11.2 Å². The fraction of sp³-hybridized carbons (Fsp3) is 0.250. The van der Waals surface area contributed by atoms with Gasteiger partial charge < -0.3 is 15.3 Å². The molecule has 4 heteroatoms. The summed E-state index contributed by atoms with van der Waals surface area (Å²) >= 11 is 0. The lowest BCUT2D eigenvalue weighted by molar-refractivity contribution is -0.119. The number of benzene rings is 2. The molecule has 0 spiro atoms. The molecule has 0 fully saturated rings. The molecule has 0 aliphatic rings. The Morgan fingerprint density at radius 3 is 2.46 bits per heavy atom. The molecule has 2 aromatic carbocycles. The first-order valence-electron chi connectivity index (χ1n) is 7.97. The van der Waals surface area contributed by atoms with Gasteiger partial charge >= 0.3 is 0 Å². The summed E-state index contributed by atoms with van der Waals surface area (Å²) in [4.78, 5) is 12.4. The highest BCUT2D eigenvalue weighted by Gasteiger charge is 2.17. The maximum atomic E-state index is 12.4. The van der Waals surface area contributed by atoms with Crippen molar-refractivity contribution < 1.29 is 20.1 Å². The van der Waals surface area contributed by atoms with Gasteiger partial charge in [-0.3, -0.25) is 4.79 Å². The summed E-state index contributed by atoms with van der Waals surface area (Å²) in [6, 6.07) is 13.8. The number of allylic oxidation sites excluding steroid dienone is 2. The van der Waals surface area contributed by atoms with Crippen LogP contribution in [0.25, 0.3) is 0 Å². The van der Waals surface area contributed by atoms with Crippen LogP contribution >= 0.6 is 0 Å². The molecule has 0 heterocycles. The molecule has 3 N–H and O–H groups in total. The number of aliphatic hydroxyl groups excluding tert-OH is 1. The number of hydrogen-bond acceptors (Lipinski definition) is 4. The van der Waals surface area contributed by atoms with Crippen LogP contribution < -0.4 is 0 Å². The number of hydrogen-bond donors (Lipinski definition) is 3. The van der Waals surface area contributed by atoms with Crippen molar-refractivity contribution in [3.05, 3.63) is 71.5 Å². The van der Waals surface area contributed by atoms with Gasteiger partial charge in [0.2, 0.25) is 0 Å². The van der Waals surface area contributed by atoms with Crippen molar-refractivity contribution in [2.24, 2.45) is 0 Å². The van der Waals surface area contributed by atoms with E-state index < -0.39 is 0 Å². The molecule has 126 valence electrons. The summed E-state index contributed by atoms with van der Waals surface area (Å²) in [5.41, 5.74) is 1.47. The SMILES string of the molecule is CCC(C(=O)C/C=C(\O)Cc1ccc(O)cc1O)c1ccccc1.